The predicted molar refractivity (Wildman–Crippen MR) is 62.2 cm³/mol. The third-order valence-electron chi connectivity index (χ3n) is 3.49. The van der Waals surface area contributed by atoms with Gasteiger partial charge in [0.2, 0.25) is 0 Å². The van der Waals surface area contributed by atoms with E-state index in [4.69, 9.17) is 0 Å². The van der Waals surface area contributed by atoms with Gasteiger partial charge in [-0.1, -0.05) is 0 Å². The van der Waals surface area contributed by atoms with E-state index >= 15 is 0 Å². The van der Waals surface area contributed by atoms with E-state index in [0.717, 1.165) is 13.1 Å². The third kappa shape index (κ3) is 2.10. The van der Waals surface area contributed by atoms with Gasteiger partial charge in [0.05, 0.1) is 0 Å². The highest BCUT2D eigenvalue weighted by molar-refractivity contribution is 5.89. The van der Waals surface area contributed by atoms with Crippen molar-refractivity contribution in [1.29, 1.82) is 0 Å². The standard InChI is InChI=1S/C12H14FN3O/c13-7-1-3-8(4-2-7)15-12(17)16-11-9-5-14-6-10(9)11/h1-4,9-11,14H,5-6H2,(H2,15,16,17). The molecule has 4 nitrogen and oxygen atoms in total. The van der Waals surface area contributed by atoms with Crippen molar-refractivity contribution in [3.05, 3.63) is 30.1 Å². The second-order valence-electron chi connectivity index (χ2n) is 4.62. The van der Waals surface area contributed by atoms with E-state index in [1.54, 1.807) is 12.1 Å². The van der Waals surface area contributed by atoms with Crippen molar-refractivity contribution in [3.63, 3.8) is 0 Å². The summed E-state index contributed by atoms with van der Waals surface area (Å²) in [5.74, 6) is 0.877. The van der Waals surface area contributed by atoms with Crippen LogP contribution in [0.4, 0.5) is 14.9 Å². The molecule has 2 amide bonds. The van der Waals surface area contributed by atoms with Crippen LogP contribution in [-0.4, -0.2) is 25.2 Å². The van der Waals surface area contributed by atoms with Crippen LogP contribution in [0.3, 0.4) is 0 Å². The van der Waals surface area contributed by atoms with Gasteiger partial charge in [-0.2, -0.15) is 0 Å². The van der Waals surface area contributed by atoms with Crippen LogP contribution < -0.4 is 16.0 Å². The predicted octanol–water partition coefficient (Wildman–Crippen LogP) is 1.16. The molecular formula is C12H14FN3O. The Balaban J connectivity index is 1.52. The number of urea groups is 1. The Morgan fingerprint density at radius 2 is 1.88 bits per heavy atom. The normalized spacial score (nSPS) is 29.6. The van der Waals surface area contributed by atoms with Crippen LogP contribution in [0.2, 0.25) is 0 Å². The first-order valence-corrected chi connectivity index (χ1v) is 5.78. The molecule has 3 rings (SSSR count). The van der Waals surface area contributed by atoms with Crippen LogP contribution in [0.25, 0.3) is 0 Å². The molecule has 1 heterocycles. The first kappa shape index (κ1) is 10.5. The number of anilines is 1. The summed E-state index contributed by atoms with van der Waals surface area (Å²) >= 11 is 0. The number of amides is 2. The molecular weight excluding hydrogens is 221 g/mol. The summed E-state index contributed by atoms with van der Waals surface area (Å²) < 4.78 is 12.7. The molecule has 0 radical (unpaired) electrons. The molecule has 1 aromatic rings. The van der Waals surface area contributed by atoms with Gasteiger partial charge in [0.25, 0.3) is 0 Å². The van der Waals surface area contributed by atoms with Crippen LogP contribution in [0, 0.1) is 17.7 Å². The molecule has 90 valence electrons. The van der Waals surface area contributed by atoms with E-state index < -0.39 is 0 Å². The quantitative estimate of drug-likeness (QED) is 0.720. The monoisotopic (exact) mass is 235 g/mol. The van der Waals surface area contributed by atoms with E-state index in [-0.39, 0.29) is 11.8 Å². The fraction of sp³-hybridized carbons (Fsp3) is 0.417. The summed E-state index contributed by atoms with van der Waals surface area (Å²) in [6.45, 7) is 1.98. The van der Waals surface area contributed by atoms with Crippen molar-refractivity contribution < 1.29 is 9.18 Å². The molecule has 5 heteroatoms. The van der Waals surface area contributed by atoms with Gasteiger partial charge in [-0.15, -0.1) is 0 Å². The minimum atomic E-state index is -0.307. The third-order valence-corrected chi connectivity index (χ3v) is 3.49. The first-order valence-electron chi connectivity index (χ1n) is 5.78. The second kappa shape index (κ2) is 4.00. The van der Waals surface area contributed by atoms with E-state index in [9.17, 15) is 9.18 Å². The van der Waals surface area contributed by atoms with Gasteiger partial charge < -0.3 is 16.0 Å². The molecule has 2 fully saturated rings. The molecule has 2 unspecified atom stereocenters. The first-order chi connectivity index (χ1) is 8.24. The number of carbonyl (C=O) groups excluding carboxylic acids is 1. The Hall–Kier alpha value is -1.62. The summed E-state index contributed by atoms with van der Waals surface area (Å²) in [6, 6.07) is 5.83. The highest BCUT2D eigenvalue weighted by atomic mass is 19.1. The smallest absolute Gasteiger partial charge is 0.319 e. The van der Waals surface area contributed by atoms with Crippen LogP contribution in [0.15, 0.2) is 24.3 Å². The summed E-state index contributed by atoms with van der Waals surface area (Å²) in [6.07, 6.45) is 0. The summed E-state index contributed by atoms with van der Waals surface area (Å²) in [7, 11) is 0. The average Bonchev–Trinajstić information content (AvgIpc) is 2.77. The number of hydrogen-bond donors (Lipinski definition) is 3. The van der Waals surface area contributed by atoms with Crippen molar-refractivity contribution in [2.24, 2.45) is 11.8 Å². The lowest BCUT2D eigenvalue weighted by Gasteiger charge is -2.09. The summed E-state index contributed by atoms with van der Waals surface area (Å²) in [5, 5.41) is 8.90. The van der Waals surface area contributed by atoms with E-state index in [0.29, 0.717) is 23.6 Å². The molecule has 0 spiro atoms. The highest BCUT2D eigenvalue weighted by Gasteiger charge is 2.53. The Labute approximate surface area is 98.6 Å². The lowest BCUT2D eigenvalue weighted by Crippen LogP contribution is -2.35. The number of fused-ring (bicyclic) bond motifs is 1. The Morgan fingerprint density at radius 1 is 1.24 bits per heavy atom. The van der Waals surface area contributed by atoms with Crippen molar-refractivity contribution in [2.45, 2.75) is 6.04 Å². The zero-order chi connectivity index (χ0) is 11.8. The second-order valence-corrected chi connectivity index (χ2v) is 4.62. The van der Waals surface area contributed by atoms with Crippen molar-refractivity contribution in [1.82, 2.24) is 10.6 Å². The molecule has 0 aromatic heterocycles. The van der Waals surface area contributed by atoms with Gasteiger partial charge in [0.15, 0.2) is 0 Å². The Morgan fingerprint density at radius 3 is 2.53 bits per heavy atom. The number of halogens is 1. The van der Waals surface area contributed by atoms with Gasteiger partial charge >= 0.3 is 6.03 Å². The molecule has 0 bridgehead atoms. The fourth-order valence-corrected chi connectivity index (χ4v) is 2.48. The molecule has 1 aliphatic carbocycles. The SMILES string of the molecule is O=C(Nc1ccc(F)cc1)NC1C2CNCC21. The summed E-state index contributed by atoms with van der Waals surface area (Å²) in [4.78, 5) is 11.6. The summed E-state index contributed by atoms with van der Waals surface area (Å²) in [5.41, 5.74) is 0.604. The van der Waals surface area contributed by atoms with Crippen LogP contribution in [0.1, 0.15) is 0 Å². The Bertz CT molecular complexity index is 424. The minimum Gasteiger partial charge on any atom is -0.334 e. The number of benzene rings is 1. The topological polar surface area (TPSA) is 53.2 Å². The van der Waals surface area contributed by atoms with Gasteiger partial charge in [-0.05, 0) is 36.1 Å². The molecule has 2 aliphatic rings. The number of piperidine rings is 1. The lowest BCUT2D eigenvalue weighted by molar-refractivity contribution is 0.250. The number of rotatable bonds is 2. The number of hydrogen-bond acceptors (Lipinski definition) is 2. The Kier molecular flexibility index (Phi) is 2.48. The molecule has 1 aliphatic heterocycles. The van der Waals surface area contributed by atoms with Crippen molar-refractivity contribution in [2.75, 3.05) is 18.4 Å². The lowest BCUT2D eigenvalue weighted by atomic mass is 10.3. The minimum absolute atomic E-state index is 0.212. The van der Waals surface area contributed by atoms with Gasteiger partial charge in [0, 0.05) is 24.8 Å². The van der Waals surface area contributed by atoms with Crippen LogP contribution in [0.5, 0.6) is 0 Å². The maximum Gasteiger partial charge on any atom is 0.319 e. The zero-order valence-corrected chi connectivity index (χ0v) is 9.24. The fourth-order valence-electron chi connectivity index (χ4n) is 2.48. The van der Waals surface area contributed by atoms with E-state index in [1.807, 2.05) is 0 Å². The molecule has 2 atom stereocenters. The molecule has 1 aromatic carbocycles. The number of carbonyl (C=O) groups is 1. The largest absolute Gasteiger partial charge is 0.334 e. The molecule has 1 saturated heterocycles. The van der Waals surface area contributed by atoms with Crippen LogP contribution >= 0.6 is 0 Å². The van der Waals surface area contributed by atoms with Crippen molar-refractivity contribution in [3.8, 4) is 0 Å². The number of nitrogens with one attached hydrogen (secondary N) is 3. The maximum atomic E-state index is 12.7. The van der Waals surface area contributed by atoms with E-state index in [2.05, 4.69) is 16.0 Å². The average molecular weight is 235 g/mol. The van der Waals surface area contributed by atoms with Gasteiger partial charge in [-0.3, -0.25) is 0 Å². The van der Waals surface area contributed by atoms with Gasteiger partial charge in [0.1, 0.15) is 5.82 Å². The van der Waals surface area contributed by atoms with E-state index in [1.165, 1.54) is 12.1 Å². The van der Waals surface area contributed by atoms with Crippen LogP contribution in [-0.2, 0) is 0 Å². The van der Waals surface area contributed by atoms with Gasteiger partial charge in [-0.25, -0.2) is 9.18 Å². The molecule has 17 heavy (non-hydrogen) atoms. The van der Waals surface area contributed by atoms with Crippen molar-refractivity contribution >= 4 is 11.7 Å². The zero-order valence-electron chi connectivity index (χ0n) is 9.24. The molecule has 1 saturated carbocycles. The maximum absolute atomic E-state index is 12.7. The highest BCUT2D eigenvalue weighted by Crippen LogP contribution is 2.41. The molecule has 3 N–H and O–H groups in total.